The standard InChI is InChI=1S/C22H31N3O2/c1-2-18-5-3-4-6-19(18)24-20(26)7-8-23-21(27)25-22-12-15-9-16(13-22)11-17(10-15)14-22/h3-6,15-17H,2,7-14H2,1H3,(H,24,26)(H2,23,25,27). The summed E-state index contributed by atoms with van der Waals surface area (Å²) in [5, 5.41) is 9.13. The van der Waals surface area contributed by atoms with E-state index in [2.05, 4.69) is 22.9 Å². The lowest BCUT2D eigenvalue weighted by Crippen LogP contribution is -2.61. The average molecular weight is 370 g/mol. The largest absolute Gasteiger partial charge is 0.338 e. The van der Waals surface area contributed by atoms with Crippen LogP contribution < -0.4 is 16.0 Å². The van der Waals surface area contributed by atoms with Crippen molar-refractivity contribution >= 4 is 17.6 Å². The lowest BCUT2D eigenvalue weighted by molar-refractivity contribution is -0.116. The Morgan fingerprint density at radius 1 is 1.04 bits per heavy atom. The Bertz CT molecular complexity index is 680. The van der Waals surface area contributed by atoms with Crippen molar-refractivity contribution in [1.82, 2.24) is 10.6 Å². The Kier molecular flexibility index (Phi) is 5.11. The van der Waals surface area contributed by atoms with E-state index in [0.717, 1.165) is 54.7 Å². The number of carbonyl (C=O) groups is 2. The molecule has 4 aliphatic rings. The zero-order valence-electron chi connectivity index (χ0n) is 16.2. The number of aryl methyl sites for hydroxylation is 1. The van der Waals surface area contributed by atoms with E-state index in [1.165, 1.54) is 19.3 Å². The zero-order chi connectivity index (χ0) is 18.9. The van der Waals surface area contributed by atoms with Crippen molar-refractivity contribution in [3.05, 3.63) is 29.8 Å². The first kappa shape index (κ1) is 18.3. The van der Waals surface area contributed by atoms with Gasteiger partial charge in [-0.25, -0.2) is 4.79 Å². The van der Waals surface area contributed by atoms with Crippen LogP contribution in [0.1, 0.15) is 57.4 Å². The Balaban J connectivity index is 1.22. The molecule has 0 unspecified atom stereocenters. The summed E-state index contributed by atoms with van der Waals surface area (Å²) in [5.41, 5.74) is 2.00. The summed E-state index contributed by atoms with van der Waals surface area (Å²) >= 11 is 0. The molecular weight excluding hydrogens is 338 g/mol. The summed E-state index contributed by atoms with van der Waals surface area (Å²) in [5.74, 6) is 2.36. The first-order valence-corrected chi connectivity index (χ1v) is 10.5. The second-order valence-electron chi connectivity index (χ2n) is 8.89. The van der Waals surface area contributed by atoms with E-state index >= 15 is 0 Å². The van der Waals surface area contributed by atoms with Crippen molar-refractivity contribution in [2.75, 3.05) is 11.9 Å². The lowest BCUT2D eigenvalue weighted by Gasteiger charge is -2.56. The number of benzene rings is 1. The first-order chi connectivity index (χ1) is 13.0. The molecular formula is C22H31N3O2. The van der Waals surface area contributed by atoms with E-state index in [4.69, 9.17) is 0 Å². The highest BCUT2D eigenvalue weighted by Crippen LogP contribution is 2.55. The van der Waals surface area contributed by atoms with E-state index in [-0.39, 0.29) is 23.9 Å². The van der Waals surface area contributed by atoms with Gasteiger partial charge in [-0.1, -0.05) is 25.1 Å². The Labute approximate surface area is 161 Å². The van der Waals surface area contributed by atoms with Crippen molar-refractivity contribution < 1.29 is 9.59 Å². The number of hydrogen-bond donors (Lipinski definition) is 3. The average Bonchev–Trinajstić information content (AvgIpc) is 2.60. The number of para-hydroxylation sites is 1. The maximum absolute atomic E-state index is 12.4. The van der Waals surface area contributed by atoms with Crippen molar-refractivity contribution in [1.29, 1.82) is 0 Å². The normalized spacial score (nSPS) is 30.8. The van der Waals surface area contributed by atoms with Crippen LogP contribution >= 0.6 is 0 Å². The predicted octanol–water partition coefficient (Wildman–Crippen LogP) is 3.85. The van der Waals surface area contributed by atoms with Crippen LogP contribution in [0.2, 0.25) is 0 Å². The fraction of sp³-hybridized carbons (Fsp3) is 0.636. The van der Waals surface area contributed by atoms with Gasteiger partial charge in [0.25, 0.3) is 0 Å². The molecule has 0 atom stereocenters. The molecule has 4 bridgehead atoms. The number of rotatable bonds is 6. The molecule has 0 radical (unpaired) electrons. The van der Waals surface area contributed by atoms with Crippen LogP contribution in [0.5, 0.6) is 0 Å². The summed E-state index contributed by atoms with van der Waals surface area (Å²) in [7, 11) is 0. The minimum atomic E-state index is -0.112. The van der Waals surface area contributed by atoms with Gasteiger partial charge >= 0.3 is 6.03 Å². The molecule has 4 saturated carbocycles. The Morgan fingerprint density at radius 2 is 1.67 bits per heavy atom. The minimum Gasteiger partial charge on any atom is -0.338 e. The van der Waals surface area contributed by atoms with E-state index in [1.807, 2.05) is 24.3 Å². The molecule has 0 aliphatic heterocycles. The van der Waals surface area contributed by atoms with Gasteiger partial charge in [0.2, 0.25) is 5.91 Å². The van der Waals surface area contributed by atoms with E-state index in [1.54, 1.807) is 0 Å². The number of nitrogens with one attached hydrogen (secondary N) is 3. The third-order valence-corrected chi connectivity index (χ3v) is 6.73. The van der Waals surface area contributed by atoms with E-state index < -0.39 is 0 Å². The van der Waals surface area contributed by atoms with E-state index in [0.29, 0.717) is 6.54 Å². The Morgan fingerprint density at radius 3 is 2.30 bits per heavy atom. The first-order valence-electron chi connectivity index (χ1n) is 10.5. The molecule has 146 valence electrons. The van der Waals surface area contributed by atoms with E-state index in [9.17, 15) is 9.59 Å². The summed E-state index contributed by atoms with van der Waals surface area (Å²) in [4.78, 5) is 24.6. The summed E-state index contributed by atoms with van der Waals surface area (Å²) < 4.78 is 0. The summed E-state index contributed by atoms with van der Waals surface area (Å²) in [6, 6.07) is 7.73. The fourth-order valence-corrected chi connectivity index (χ4v) is 6.00. The molecule has 3 amide bonds. The second kappa shape index (κ2) is 7.53. The van der Waals surface area contributed by atoms with Crippen LogP contribution in [0.15, 0.2) is 24.3 Å². The van der Waals surface area contributed by atoms with Gasteiger partial charge in [-0.2, -0.15) is 0 Å². The molecule has 5 rings (SSSR count). The monoisotopic (exact) mass is 369 g/mol. The van der Waals surface area contributed by atoms with Gasteiger partial charge in [-0.15, -0.1) is 0 Å². The minimum absolute atomic E-state index is 0.0150. The molecule has 3 N–H and O–H groups in total. The Hall–Kier alpha value is -2.04. The maximum Gasteiger partial charge on any atom is 0.315 e. The molecule has 0 heterocycles. The van der Waals surface area contributed by atoms with Gasteiger partial charge in [-0.05, 0) is 74.3 Å². The van der Waals surface area contributed by atoms with Gasteiger partial charge in [0.05, 0.1) is 0 Å². The van der Waals surface area contributed by atoms with Crippen LogP contribution in [-0.2, 0) is 11.2 Å². The molecule has 5 heteroatoms. The van der Waals surface area contributed by atoms with Crippen LogP contribution in [0.25, 0.3) is 0 Å². The molecule has 1 aromatic rings. The molecule has 4 aliphatic carbocycles. The third-order valence-electron chi connectivity index (χ3n) is 6.73. The van der Waals surface area contributed by atoms with Crippen LogP contribution in [0.4, 0.5) is 10.5 Å². The fourth-order valence-electron chi connectivity index (χ4n) is 6.00. The molecule has 27 heavy (non-hydrogen) atoms. The van der Waals surface area contributed by atoms with Gasteiger partial charge in [0.1, 0.15) is 0 Å². The number of carbonyl (C=O) groups excluding carboxylic acids is 2. The van der Waals surface area contributed by atoms with Crippen molar-refractivity contribution in [3.63, 3.8) is 0 Å². The smallest absolute Gasteiger partial charge is 0.315 e. The zero-order valence-corrected chi connectivity index (χ0v) is 16.2. The summed E-state index contributed by atoms with van der Waals surface area (Å²) in [6.45, 7) is 2.43. The lowest BCUT2D eigenvalue weighted by atomic mass is 9.53. The highest BCUT2D eigenvalue weighted by Gasteiger charge is 2.51. The quantitative estimate of drug-likeness (QED) is 0.713. The van der Waals surface area contributed by atoms with Gasteiger partial charge in [-0.3, -0.25) is 4.79 Å². The number of urea groups is 1. The molecule has 0 saturated heterocycles. The molecule has 4 fully saturated rings. The third kappa shape index (κ3) is 4.12. The molecule has 1 aromatic carbocycles. The highest BCUT2D eigenvalue weighted by molar-refractivity contribution is 5.91. The van der Waals surface area contributed by atoms with Gasteiger partial charge < -0.3 is 16.0 Å². The summed E-state index contributed by atoms with van der Waals surface area (Å²) in [6.07, 6.45) is 8.67. The van der Waals surface area contributed by atoms with Gasteiger partial charge in [0, 0.05) is 24.2 Å². The SMILES string of the molecule is CCc1ccccc1NC(=O)CCNC(=O)NC12CC3CC(CC(C3)C1)C2. The van der Waals surface area contributed by atoms with Gasteiger partial charge in [0.15, 0.2) is 0 Å². The number of hydrogen-bond acceptors (Lipinski definition) is 2. The second-order valence-corrected chi connectivity index (χ2v) is 8.89. The van der Waals surface area contributed by atoms with Crippen LogP contribution in [0, 0.1) is 17.8 Å². The molecule has 0 aromatic heterocycles. The predicted molar refractivity (Wildman–Crippen MR) is 107 cm³/mol. The number of anilines is 1. The number of amides is 3. The highest BCUT2D eigenvalue weighted by atomic mass is 16.2. The van der Waals surface area contributed by atoms with Crippen molar-refractivity contribution in [2.45, 2.75) is 63.8 Å². The van der Waals surface area contributed by atoms with Crippen LogP contribution in [-0.4, -0.2) is 24.0 Å². The molecule has 0 spiro atoms. The van der Waals surface area contributed by atoms with Crippen molar-refractivity contribution in [3.8, 4) is 0 Å². The van der Waals surface area contributed by atoms with Crippen LogP contribution in [0.3, 0.4) is 0 Å². The maximum atomic E-state index is 12.4. The topological polar surface area (TPSA) is 70.2 Å². The molecule has 5 nitrogen and oxygen atoms in total. The van der Waals surface area contributed by atoms with Crippen molar-refractivity contribution in [2.24, 2.45) is 17.8 Å².